The first kappa shape index (κ1) is 16.3. The molecule has 26 heavy (non-hydrogen) atoms. The number of amides is 1. The fourth-order valence-corrected chi connectivity index (χ4v) is 3.26. The molecule has 1 aliphatic heterocycles. The minimum Gasteiger partial charge on any atom is -0.497 e. The topological polar surface area (TPSA) is 71.1 Å². The minimum atomic E-state index is -0.467. The number of H-pyrrole nitrogens is 1. The summed E-state index contributed by atoms with van der Waals surface area (Å²) < 4.78 is 18.4. The summed E-state index contributed by atoms with van der Waals surface area (Å²) in [5.74, 6) is -0.0313. The molecule has 1 aromatic carbocycles. The summed E-state index contributed by atoms with van der Waals surface area (Å²) in [5, 5.41) is 0. The lowest BCUT2D eigenvalue weighted by molar-refractivity contribution is 0.0715. The summed E-state index contributed by atoms with van der Waals surface area (Å²) in [6.07, 6.45) is 2.69. The van der Waals surface area contributed by atoms with E-state index in [0.717, 1.165) is 28.9 Å². The van der Waals surface area contributed by atoms with Crippen LogP contribution < -0.4 is 4.74 Å². The van der Waals surface area contributed by atoms with E-state index in [4.69, 9.17) is 4.74 Å². The highest BCUT2D eigenvalue weighted by atomic mass is 19.1. The number of benzene rings is 1. The standard InChI is InChI=1S/C19H17FN4O2/c1-26-14-4-2-3-12(7-14)15-9-24(10-17-18(15)23-11-22-17)19(25)16-6-5-13(20)8-21-16/h2-8,11,15H,9-10H2,1H3,(H,22,23). The Kier molecular flexibility index (Phi) is 4.12. The molecule has 3 heterocycles. The lowest BCUT2D eigenvalue weighted by atomic mass is 9.90. The zero-order valence-corrected chi connectivity index (χ0v) is 14.1. The average Bonchev–Trinajstić information content (AvgIpc) is 3.16. The van der Waals surface area contributed by atoms with Crippen molar-refractivity contribution < 1.29 is 13.9 Å². The van der Waals surface area contributed by atoms with E-state index in [2.05, 4.69) is 15.0 Å². The van der Waals surface area contributed by atoms with Gasteiger partial charge in [-0.15, -0.1) is 0 Å². The van der Waals surface area contributed by atoms with Gasteiger partial charge < -0.3 is 14.6 Å². The third-order valence-electron chi connectivity index (χ3n) is 4.56. The molecule has 7 heteroatoms. The number of nitrogens with one attached hydrogen (secondary N) is 1. The molecular weight excluding hydrogens is 335 g/mol. The molecule has 2 aromatic heterocycles. The van der Waals surface area contributed by atoms with Crippen molar-refractivity contribution in [2.45, 2.75) is 12.5 Å². The number of carbonyl (C=O) groups excluding carboxylic acids is 1. The van der Waals surface area contributed by atoms with Gasteiger partial charge in [0, 0.05) is 12.5 Å². The van der Waals surface area contributed by atoms with E-state index in [1.54, 1.807) is 18.3 Å². The molecule has 132 valence electrons. The molecule has 0 saturated carbocycles. The molecule has 1 aliphatic rings. The molecule has 0 radical (unpaired) electrons. The zero-order chi connectivity index (χ0) is 18.1. The number of fused-ring (bicyclic) bond motifs is 1. The summed E-state index contributed by atoms with van der Waals surface area (Å²) >= 11 is 0. The summed E-state index contributed by atoms with van der Waals surface area (Å²) in [4.78, 5) is 26.0. The van der Waals surface area contributed by atoms with Gasteiger partial charge >= 0.3 is 0 Å². The van der Waals surface area contributed by atoms with Gasteiger partial charge in [0.15, 0.2) is 0 Å². The second-order valence-electron chi connectivity index (χ2n) is 6.14. The number of carbonyl (C=O) groups is 1. The van der Waals surface area contributed by atoms with Crippen molar-refractivity contribution in [2.75, 3.05) is 13.7 Å². The first-order valence-corrected chi connectivity index (χ1v) is 8.22. The highest BCUT2D eigenvalue weighted by Crippen LogP contribution is 2.33. The van der Waals surface area contributed by atoms with Gasteiger partial charge in [0.25, 0.3) is 5.91 Å². The van der Waals surface area contributed by atoms with Crippen LogP contribution in [0.5, 0.6) is 5.75 Å². The zero-order valence-electron chi connectivity index (χ0n) is 14.1. The number of rotatable bonds is 3. The SMILES string of the molecule is COc1cccc(C2CN(C(=O)c3ccc(F)cn3)Cc3[nH]cnc32)c1. The van der Waals surface area contributed by atoms with E-state index in [9.17, 15) is 9.18 Å². The number of hydrogen-bond donors (Lipinski definition) is 1. The Hall–Kier alpha value is -3.22. The molecule has 4 rings (SSSR count). The Morgan fingerprint density at radius 3 is 2.96 bits per heavy atom. The predicted molar refractivity (Wildman–Crippen MR) is 92.4 cm³/mol. The average molecular weight is 352 g/mol. The Bertz CT molecular complexity index is 939. The van der Waals surface area contributed by atoms with Gasteiger partial charge in [0.2, 0.25) is 0 Å². The molecule has 0 spiro atoms. The van der Waals surface area contributed by atoms with Crippen molar-refractivity contribution in [3.05, 3.63) is 77.4 Å². The van der Waals surface area contributed by atoms with Crippen LogP contribution in [0.2, 0.25) is 0 Å². The number of aromatic amines is 1. The van der Waals surface area contributed by atoms with Gasteiger partial charge in [0.05, 0.1) is 37.6 Å². The summed E-state index contributed by atoms with van der Waals surface area (Å²) in [6, 6.07) is 10.4. The normalized spacial score (nSPS) is 16.2. The van der Waals surface area contributed by atoms with Crippen molar-refractivity contribution in [3.63, 3.8) is 0 Å². The van der Waals surface area contributed by atoms with Crippen LogP contribution in [0.25, 0.3) is 0 Å². The van der Waals surface area contributed by atoms with Crippen molar-refractivity contribution >= 4 is 5.91 Å². The number of nitrogens with zero attached hydrogens (tertiary/aromatic N) is 3. The van der Waals surface area contributed by atoms with E-state index in [1.165, 1.54) is 12.1 Å². The van der Waals surface area contributed by atoms with Gasteiger partial charge in [-0.2, -0.15) is 0 Å². The molecule has 1 N–H and O–H groups in total. The molecule has 1 atom stereocenters. The van der Waals surface area contributed by atoms with Crippen LogP contribution >= 0.6 is 0 Å². The quantitative estimate of drug-likeness (QED) is 0.787. The van der Waals surface area contributed by atoms with E-state index in [0.29, 0.717) is 13.1 Å². The van der Waals surface area contributed by atoms with Crippen LogP contribution in [0.4, 0.5) is 4.39 Å². The van der Waals surface area contributed by atoms with Gasteiger partial charge in [-0.3, -0.25) is 4.79 Å². The Labute approximate surface area is 149 Å². The maximum atomic E-state index is 13.1. The van der Waals surface area contributed by atoms with E-state index >= 15 is 0 Å². The van der Waals surface area contributed by atoms with Crippen molar-refractivity contribution in [1.82, 2.24) is 19.9 Å². The summed E-state index contributed by atoms with van der Waals surface area (Å²) in [5.41, 5.74) is 3.05. The fraction of sp³-hybridized carbons (Fsp3) is 0.211. The molecular formula is C19H17FN4O2. The molecule has 0 fully saturated rings. The minimum absolute atomic E-state index is 0.0792. The molecule has 0 aliphatic carbocycles. The van der Waals surface area contributed by atoms with E-state index < -0.39 is 5.82 Å². The Morgan fingerprint density at radius 2 is 2.19 bits per heavy atom. The van der Waals surface area contributed by atoms with E-state index in [1.807, 2.05) is 24.3 Å². The van der Waals surface area contributed by atoms with Crippen LogP contribution in [-0.2, 0) is 6.54 Å². The largest absolute Gasteiger partial charge is 0.497 e. The summed E-state index contributed by atoms with van der Waals surface area (Å²) in [7, 11) is 1.62. The fourth-order valence-electron chi connectivity index (χ4n) is 3.26. The maximum absolute atomic E-state index is 13.1. The van der Waals surface area contributed by atoms with Crippen molar-refractivity contribution in [2.24, 2.45) is 0 Å². The second-order valence-corrected chi connectivity index (χ2v) is 6.14. The first-order valence-electron chi connectivity index (χ1n) is 8.22. The number of pyridine rings is 1. The van der Waals surface area contributed by atoms with Crippen LogP contribution in [-0.4, -0.2) is 39.4 Å². The maximum Gasteiger partial charge on any atom is 0.272 e. The highest BCUT2D eigenvalue weighted by molar-refractivity contribution is 5.92. The number of imidazole rings is 1. The first-order chi connectivity index (χ1) is 12.7. The third-order valence-corrected chi connectivity index (χ3v) is 4.56. The van der Waals surface area contributed by atoms with Gasteiger partial charge in [-0.1, -0.05) is 12.1 Å². The molecule has 1 unspecified atom stereocenters. The smallest absolute Gasteiger partial charge is 0.272 e. The molecule has 0 bridgehead atoms. The Morgan fingerprint density at radius 1 is 1.31 bits per heavy atom. The number of ether oxygens (including phenoxy) is 1. The van der Waals surface area contributed by atoms with Gasteiger partial charge in [-0.25, -0.2) is 14.4 Å². The van der Waals surface area contributed by atoms with Crippen LogP contribution in [0, 0.1) is 5.82 Å². The molecule has 6 nitrogen and oxygen atoms in total. The number of methoxy groups -OCH3 is 1. The lowest BCUT2D eigenvalue weighted by Crippen LogP contribution is -2.39. The Balaban J connectivity index is 1.67. The number of hydrogen-bond acceptors (Lipinski definition) is 4. The van der Waals surface area contributed by atoms with Gasteiger partial charge in [-0.05, 0) is 29.8 Å². The number of halogens is 1. The molecule has 1 amide bonds. The summed E-state index contributed by atoms with van der Waals surface area (Å²) in [6.45, 7) is 0.872. The predicted octanol–water partition coefficient (Wildman–Crippen LogP) is 2.74. The van der Waals surface area contributed by atoms with Crippen molar-refractivity contribution in [3.8, 4) is 5.75 Å². The van der Waals surface area contributed by atoms with Crippen molar-refractivity contribution in [1.29, 1.82) is 0 Å². The number of aromatic nitrogens is 3. The van der Waals surface area contributed by atoms with Crippen LogP contribution in [0.15, 0.2) is 48.9 Å². The lowest BCUT2D eigenvalue weighted by Gasteiger charge is -2.32. The van der Waals surface area contributed by atoms with Crippen LogP contribution in [0.1, 0.15) is 33.4 Å². The van der Waals surface area contributed by atoms with Gasteiger partial charge in [0.1, 0.15) is 17.3 Å². The van der Waals surface area contributed by atoms with E-state index in [-0.39, 0.29) is 17.5 Å². The second kappa shape index (κ2) is 6.59. The van der Waals surface area contributed by atoms with Crippen LogP contribution in [0.3, 0.4) is 0 Å². The molecule has 0 saturated heterocycles. The monoisotopic (exact) mass is 352 g/mol. The third kappa shape index (κ3) is 2.92. The molecule has 3 aromatic rings. The highest BCUT2D eigenvalue weighted by Gasteiger charge is 2.32.